The van der Waals surface area contributed by atoms with E-state index in [4.69, 9.17) is 0 Å². The third-order valence-electron chi connectivity index (χ3n) is 3.36. The van der Waals surface area contributed by atoms with Crippen molar-refractivity contribution in [3.05, 3.63) is 0 Å². The molecule has 2 unspecified atom stereocenters. The summed E-state index contributed by atoms with van der Waals surface area (Å²) in [5.41, 5.74) is 0. The van der Waals surface area contributed by atoms with Gasteiger partial charge in [-0.1, -0.05) is 13.8 Å². The van der Waals surface area contributed by atoms with E-state index in [1.54, 1.807) is 0 Å². The lowest BCUT2D eigenvalue weighted by Gasteiger charge is -2.37. The number of hydrogen-bond acceptors (Lipinski definition) is 3. The van der Waals surface area contributed by atoms with Crippen LogP contribution in [0.5, 0.6) is 0 Å². The highest BCUT2D eigenvalue weighted by Crippen LogP contribution is 2.55. The third-order valence-corrected chi connectivity index (χ3v) is 3.36. The highest BCUT2D eigenvalue weighted by molar-refractivity contribution is 4.99. The molecule has 1 heterocycles. The summed E-state index contributed by atoms with van der Waals surface area (Å²) in [6.45, 7) is 1.85. The molecule has 1 aliphatic heterocycles. The molecular weight excluding hydrogens is 313 g/mol. The first-order valence-electron chi connectivity index (χ1n) is 6.08. The van der Waals surface area contributed by atoms with Gasteiger partial charge in [-0.3, -0.25) is 9.47 Å². The Bertz CT molecular complexity index is 384. The van der Waals surface area contributed by atoms with Gasteiger partial charge in [0.05, 0.1) is 6.42 Å². The van der Waals surface area contributed by atoms with Crippen molar-refractivity contribution in [3.63, 3.8) is 0 Å². The molecule has 0 bridgehead atoms. The van der Waals surface area contributed by atoms with Gasteiger partial charge in [0, 0.05) is 20.0 Å². The van der Waals surface area contributed by atoms with E-state index in [-0.39, 0.29) is 0 Å². The lowest BCUT2D eigenvalue weighted by Crippen LogP contribution is -2.55. The monoisotopic (exact) mass is 328 g/mol. The van der Waals surface area contributed by atoms with Crippen LogP contribution >= 0.6 is 0 Å². The van der Waals surface area contributed by atoms with Crippen LogP contribution in [0.2, 0.25) is 0 Å². The molecule has 0 spiro atoms. The molecule has 10 heteroatoms. The van der Waals surface area contributed by atoms with E-state index in [0.717, 1.165) is 21.0 Å². The van der Waals surface area contributed by atoms with Crippen molar-refractivity contribution in [2.24, 2.45) is 0 Å². The van der Waals surface area contributed by atoms with Gasteiger partial charge < -0.3 is 4.74 Å². The van der Waals surface area contributed by atoms with E-state index in [9.17, 15) is 30.7 Å². The summed E-state index contributed by atoms with van der Waals surface area (Å²) in [5, 5.41) is 0. The molecule has 0 aromatic carbocycles. The molecule has 0 aromatic heterocycles. The van der Waals surface area contributed by atoms with E-state index in [0.29, 0.717) is 0 Å². The average molecular weight is 328 g/mol. The average Bonchev–Trinajstić information content (AvgIpc) is 2.54. The standard InChI is InChI=1S/C11H15F7O3/c1-4-7(12,13)8(14,15)6-9(16)10(5-2,19-3)21-11(17,18)20-9/h4-6H2,1-3H3. The highest BCUT2D eigenvalue weighted by Gasteiger charge is 2.74. The van der Waals surface area contributed by atoms with Crippen LogP contribution in [0.25, 0.3) is 0 Å². The number of hydrogen-bond donors (Lipinski definition) is 0. The molecule has 1 saturated heterocycles. The van der Waals surface area contributed by atoms with Crippen molar-refractivity contribution < 1.29 is 44.9 Å². The second-order valence-electron chi connectivity index (χ2n) is 4.65. The molecule has 0 saturated carbocycles. The molecule has 1 aliphatic rings. The predicted octanol–water partition coefficient (Wildman–Crippen LogP) is 4.07. The lowest BCUT2D eigenvalue weighted by atomic mass is 9.94. The lowest BCUT2D eigenvalue weighted by molar-refractivity contribution is -0.384. The maximum Gasteiger partial charge on any atom is 0.491 e. The summed E-state index contributed by atoms with van der Waals surface area (Å²) >= 11 is 0. The molecule has 0 amide bonds. The number of ether oxygens (including phenoxy) is 3. The van der Waals surface area contributed by atoms with Gasteiger partial charge in [-0.25, -0.2) is 4.39 Å². The molecule has 3 nitrogen and oxygen atoms in total. The summed E-state index contributed by atoms with van der Waals surface area (Å²) in [6, 6.07) is 0. The topological polar surface area (TPSA) is 27.7 Å². The van der Waals surface area contributed by atoms with Crippen LogP contribution in [0.1, 0.15) is 33.1 Å². The fourth-order valence-corrected chi connectivity index (χ4v) is 2.07. The largest absolute Gasteiger partial charge is 0.491 e. The normalized spacial score (nSPS) is 33.4. The molecule has 1 fully saturated rings. The van der Waals surface area contributed by atoms with Crippen LogP contribution in [-0.4, -0.2) is 36.9 Å². The Hall–Kier alpha value is -0.610. The van der Waals surface area contributed by atoms with Gasteiger partial charge >= 0.3 is 18.1 Å². The van der Waals surface area contributed by atoms with Crippen molar-refractivity contribution >= 4 is 0 Å². The van der Waals surface area contributed by atoms with Crippen molar-refractivity contribution in [1.82, 2.24) is 0 Å². The molecule has 0 radical (unpaired) electrons. The second kappa shape index (κ2) is 5.24. The second-order valence-corrected chi connectivity index (χ2v) is 4.65. The molecule has 1 rings (SSSR count). The van der Waals surface area contributed by atoms with Crippen LogP contribution in [0.4, 0.5) is 30.7 Å². The summed E-state index contributed by atoms with van der Waals surface area (Å²) in [7, 11) is 0.721. The van der Waals surface area contributed by atoms with Gasteiger partial charge in [0.15, 0.2) is 0 Å². The van der Waals surface area contributed by atoms with Crippen molar-refractivity contribution in [1.29, 1.82) is 0 Å². The molecule has 0 aliphatic carbocycles. The van der Waals surface area contributed by atoms with Crippen molar-refractivity contribution in [2.45, 2.75) is 62.9 Å². The zero-order chi connectivity index (χ0) is 16.7. The number of rotatable bonds is 6. The Morgan fingerprint density at radius 3 is 1.86 bits per heavy atom. The fraction of sp³-hybridized carbons (Fsp3) is 1.00. The van der Waals surface area contributed by atoms with Crippen LogP contribution in [0.15, 0.2) is 0 Å². The molecule has 0 aromatic rings. The maximum atomic E-state index is 14.5. The minimum Gasteiger partial charge on any atom is -0.348 e. The van der Waals surface area contributed by atoms with Gasteiger partial charge in [-0.15, -0.1) is 8.78 Å². The zero-order valence-corrected chi connectivity index (χ0v) is 11.5. The molecule has 126 valence electrons. The highest BCUT2D eigenvalue weighted by atomic mass is 19.3. The Morgan fingerprint density at radius 1 is 0.952 bits per heavy atom. The first-order valence-corrected chi connectivity index (χ1v) is 6.08. The smallest absolute Gasteiger partial charge is 0.348 e. The summed E-state index contributed by atoms with van der Waals surface area (Å²) in [6.07, 6.45) is -8.88. The minimum atomic E-state index is -4.93. The van der Waals surface area contributed by atoms with E-state index >= 15 is 0 Å². The van der Waals surface area contributed by atoms with Crippen molar-refractivity contribution in [3.8, 4) is 0 Å². The van der Waals surface area contributed by atoms with Gasteiger partial charge in [-0.2, -0.15) is 17.6 Å². The van der Waals surface area contributed by atoms with E-state index in [2.05, 4.69) is 14.2 Å². The first kappa shape index (κ1) is 18.4. The SMILES string of the molecule is CCC(F)(F)C(F)(F)CC1(F)OC(F)(F)OC1(CC)OC. The minimum absolute atomic E-state index is 0.663. The van der Waals surface area contributed by atoms with E-state index in [1.807, 2.05) is 0 Å². The summed E-state index contributed by atoms with van der Waals surface area (Å²) in [5.74, 6) is -16.4. The molecule has 0 N–H and O–H groups in total. The Labute approximate surface area is 116 Å². The molecule has 21 heavy (non-hydrogen) atoms. The Kier molecular flexibility index (Phi) is 4.60. The van der Waals surface area contributed by atoms with Crippen LogP contribution in [0, 0.1) is 0 Å². The summed E-state index contributed by atoms with van der Waals surface area (Å²) < 4.78 is 106. The number of methoxy groups -OCH3 is 1. The number of halogens is 7. The van der Waals surface area contributed by atoms with Crippen molar-refractivity contribution in [2.75, 3.05) is 7.11 Å². The zero-order valence-electron chi connectivity index (χ0n) is 11.5. The Balaban J connectivity index is 3.19. The molecular formula is C11H15F7O3. The van der Waals surface area contributed by atoms with Gasteiger partial charge in [0.1, 0.15) is 0 Å². The third kappa shape index (κ3) is 2.98. The maximum absolute atomic E-state index is 14.5. The predicted molar refractivity (Wildman–Crippen MR) is 55.8 cm³/mol. The fourth-order valence-electron chi connectivity index (χ4n) is 2.07. The molecule has 2 atom stereocenters. The van der Waals surface area contributed by atoms with Gasteiger partial charge in [-0.05, 0) is 0 Å². The Morgan fingerprint density at radius 2 is 1.48 bits per heavy atom. The quantitative estimate of drug-likeness (QED) is 0.688. The number of alkyl halides is 7. The van der Waals surface area contributed by atoms with Crippen LogP contribution < -0.4 is 0 Å². The summed E-state index contributed by atoms with van der Waals surface area (Å²) in [4.78, 5) is 0. The first-order chi connectivity index (χ1) is 9.30. The van der Waals surface area contributed by atoms with Gasteiger partial charge in [0.2, 0.25) is 5.79 Å². The van der Waals surface area contributed by atoms with Gasteiger partial charge in [0.25, 0.3) is 5.85 Å². The van der Waals surface area contributed by atoms with Crippen LogP contribution in [-0.2, 0) is 14.2 Å². The van der Waals surface area contributed by atoms with E-state index in [1.165, 1.54) is 0 Å². The van der Waals surface area contributed by atoms with Crippen LogP contribution in [0.3, 0.4) is 0 Å². The van der Waals surface area contributed by atoms with E-state index < -0.39 is 49.0 Å².